The molecule has 27 heavy (non-hydrogen) atoms. The van der Waals surface area contributed by atoms with Gasteiger partial charge in [-0.1, -0.05) is 31.5 Å². The average molecular weight is 390 g/mol. The van der Waals surface area contributed by atoms with Gasteiger partial charge in [-0.05, 0) is 36.5 Å². The van der Waals surface area contributed by atoms with Gasteiger partial charge in [0.15, 0.2) is 5.78 Å². The molecule has 0 aromatic heterocycles. The number of allylic oxidation sites excluding steroid dienone is 3. The maximum atomic E-state index is 13.1. The van der Waals surface area contributed by atoms with E-state index in [4.69, 9.17) is 21.1 Å². The second kappa shape index (κ2) is 7.04. The molecule has 0 fully saturated rings. The summed E-state index contributed by atoms with van der Waals surface area (Å²) in [6.45, 7) is 5.98. The van der Waals surface area contributed by atoms with Gasteiger partial charge >= 0.3 is 5.97 Å². The Kier molecular flexibility index (Phi) is 5.08. The zero-order valence-electron chi connectivity index (χ0n) is 16.2. The van der Waals surface area contributed by atoms with E-state index in [1.807, 2.05) is 13.0 Å². The summed E-state index contributed by atoms with van der Waals surface area (Å²) in [4.78, 5) is 25.6. The smallest absolute Gasteiger partial charge is 0.336 e. The van der Waals surface area contributed by atoms with Gasteiger partial charge in [-0.3, -0.25) is 4.79 Å². The summed E-state index contributed by atoms with van der Waals surface area (Å²) in [5.74, 6) is -0.388. The van der Waals surface area contributed by atoms with Gasteiger partial charge in [-0.2, -0.15) is 0 Å². The highest BCUT2D eigenvalue weighted by Crippen LogP contribution is 2.47. The Morgan fingerprint density at radius 1 is 1.26 bits per heavy atom. The van der Waals surface area contributed by atoms with E-state index in [1.54, 1.807) is 19.2 Å². The van der Waals surface area contributed by atoms with Gasteiger partial charge in [0, 0.05) is 29.3 Å². The third kappa shape index (κ3) is 3.48. The molecule has 0 spiro atoms. The van der Waals surface area contributed by atoms with Crippen LogP contribution in [0.1, 0.15) is 45.1 Å². The molecule has 0 radical (unpaired) electrons. The van der Waals surface area contributed by atoms with Crippen molar-refractivity contribution in [3.8, 4) is 5.75 Å². The summed E-state index contributed by atoms with van der Waals surface area (Å²) in [7, 11) is 2.89. The molecule has 1 atom stereocenters. The Balaban J connectivity index is 2.21. The Bertz CT molecular complexity index is 882. The molecular weight excluding hydrogens is 366 g/mol. The number of ether oxygens (including phenoxy) is 2. The van der Waals surface area contributed by atoms with Crippen LogP contribution in [0, 0.1) is 5.41 Å². The number of halogens is 1. The molecule has 5 nitrogen and oxygen atoms in total. The van der Waals surface area contributed by atoms with Crippen LogP contribution in [0.5, 0.6) is 5.75 Å². The first kappa shape index (κ1) is 19.5. The molecule has 0 saturated carbocycles. The number of esters is 1. The molecule has 1 aromatic carbocycles. The number of nitrogens with one attached hydrogen (secondary N) is 1. The van der Waals surface area contributed by atoms with Crippen molar-refractivity contribution in [1.29, 1.82) is 0 Å². The molecule has 2 aliphatic rings. The van der Waals surface area contributed by atoms with Crippen LogP contribution in [0.4, 0.5) is 0 Å². The van der Waals surface area contributed by atoms with Crippen molar-refractivity contribution >= 4 is 23.4 Å². The quantitative estimate of drug-likeness (QED) is 0.787. The van der Waals surface area contributed by atoms with Gasteiger partial charge < -0.3 is 14.8 Å². The summed E-state index contributed by atoms with van der Waals surface area (Å²) in [5, 5.41) is 3.72. The molecule has 0 amide bonds. The van der Waals surface area contributed by atoms with Crippen LogP contribution < -0.4 is 10.1 Å². The van der Waals surface area contributed by atoms with Crippen LogP contribution >= 0.6 is 11.6 Å². The third-order valence-electron chi connectivity index (χ3n) is 5.15. The molecule has 1 unspecified atom stereocenters. The molecule has 1 heterocycles. The van der Waals surface area contributed by atoms with Crippen molar-refractivity contribution in [3.63, 3.8) is 0 Å². The van der Waals surface area contributed by atoms with Crippen molar-refractivity contribution in [1.82, 2.24) is 5.32 Å². The number of dihydropyridines is 1. The van der Waals surface area contributed by atoms with Gasteiger partial charge in [-0.25, -0.2) is 4.79 Å². The van der Waals surface area contributed by atoms with Crippen molar-refractivity contribution in [3.05, 3.63) is 51.3 Å². The lowest BCUT2D eigenvalue weighted by atomic mass is 9.68. The first-order valence-corrected chi connectivity index (χ1v) is 9.22. The number of benzene rings is 1. The van der Waals surface area contributed by atoms with Crippen LogP contribution in [0.3, 0.4) is 0 Å². The van der Waals surface area contributed by atoms with E-state index in [0.717, 1.165) is 17.7 Å². The van der Waals surface area contributed by atoms with Gasteiger partial charge in [0.25, 0.3) is 0 Å². The topological polar surface area (TPSA) is 64.6 Å². The van der Waals surface area contributed by atoms with Crippen molar-refractivity contribution in [2.75, 3.05) is 14.2 Å². The van der Waals surface area contributed by atoms with Crippen molar-refractivity contribution in [2.45, 2.75) is 39.5 Å². The average Bonchev–Trinajstić information content (AvgIpc) is 2.58. The minimum absolute atomic E-state index is 0.0413. The maximum Gasteiger partial charge on any atom is 0.336 e. The number of carbonyl (C=O) groups is 2. The Labute approximate surface area is 164 Å². The monoisotopic (exact) mass is 389 g/mol. The van der Waals surface area contributed by atoms with Crippen LogP contribution in [-0.2, 0) is 14.3 Å². The molecule has 1 aliphatic heterocycles. The highest BCUT2D eigenvalue weighted by atomic mass is 35.5. The van der Waals surface area contributed by atoms with E-state index in [1.165, 1.54) is 7.11 Å². The number of hydrogen-bond acceptors (Lipinski definition) is 5. The van der Waals surface area contributed by atoms with Crippen molar-refractivity contribution < 1.29 is 19.1 Å². The molecule has 0 saturated heterocycles. The molecule has 6 heteroatoms. The summed E-state index contributed by atoms with van der Waals surface area (Å²) < 4.78 is 10.2. The molecule has 0 bridgehead atoms. The predicted octanol–water partition coefficient (Wildman–Crippen LogP) is 4.13. The number of ketones is 1. The molecule has 1 aromatic rings. The first-order chi connectivity index (χ1) is 12.7. The minimum Gasteiger partial charge on any atom is -0.495 e. The normalized spacial score (nSPS) is 21.6. The molecule has 144 valence electrons. The SMILES string of the molecule is COC(=O)C1=C(C)NC2=C(C(=O)CC(C)(C)C2)C1c1ccc(OC)c(Cl)c1. The van der Waals surface area contributed by atoms with Gasteiger partial charge in [0.2, 0.25) is 0 Å². The van der Waals surface area contributed by atoms with E-state index in [2.05, 4.69) is 19.2 Å². The zero-order valence-corrected chi connectivity index (χ0v) is 17.0. The second-order valence-electron chi connectivity index (χ2n) is 7.82. The summed E-state index contributed by atoms with van der Waals surface area (Å²) >= 11 is 6.33. The molecular formula is C21H24ClNO4. The number of Topliss-reactive ketones (excluding diaryl/α,β-unsaturated/α-hetero) is 1. The zero-order chi connectivity index (χ0) is 19.9. The highest BCUT2D eigenvalue weighted by Gasteiger charge is 2.43. The number of carbonyl (C=O) groups excluding carboxylic acids is 2. The lowest BCUT2D eigenvalue weighted by Crippen LogP contribution is -2.38. The molecule has 1 N–H and O–H groups in total. The fourth-order valence-electron chi connectivity index (χ4n) is 4.01. The Morgan fingerprint density at radius 3 is 2.56 bits per heavy atom. The van der Waals surface area contributed by atoms with E-state index < -0.39 is 11.9 Å². The van der Waals surface area contributed by atoms with Crippen LogP contribution in [0.25, 0.3) is 0 Å². The second-order valence-corrected chi connectivity index (χ2v) is 8.22. The Morgan fingerprint density at radius 2 is 1.96 bits per heavy atom. The highest BCUT2D eigenvalue weighted by molar-refractivity contribution is 6.32. The van der Waals surface area contributed by atoms with E-state index >= 15 is 0 Å². The van der Waals surface area contributed by atoms with E-state index in [9.17, 15) is 9.59 Å². The minimum atomic E-state index is -0.513. The summed E-state index contributed by atoms with van der Waals surface area (Å²) in [6, 6.07) is 5.35. The third-order valence-corrected chi connectivity index (χ3v) is 5.45. The number of methoxy groups -OCH3 is 2. The Hall–Kier alpha value is -2.27. The number of hydrogen-bond donors (Lipinski definition) is 1. The van der Waals surface area contributed by atoms with Crippen LogP contribution in [0.2, 0.25) is 5.02 Å². The lowest BCUT2D eigenvalue weighted by molar-refractivity contribution is -0.136. The fourth-order valence-corrected chi connectivity index (χ4v) is 4.28. The summed E-state index contributed by atoms with van der Waals surface area (Å²) in [6.07, 6.45) is 1.17. The lowest BCUT2D eigenvalue weighted by Gasteiger charge is -2.39. The van der Waals surface area contributed by atoms with Gasteiger partial charge in [0.05, 0.1) is 24.8 Å². The predicted molar refractivity (Wildman–Crippen MR) is 104 cm³/mol. The van der Waals surface area contributed by atoms with E-state index in [0.29, 0.717) is 34.0 Å². The van der Waals surface area contributed by atoms with Crippen LogP contribution in [0.15, 0.2) is 40.7 Å². The summed E-state index contributed by atoms with van der Waals surface area (Å²) in [5.41, 5.74) is 3.27. The standard InChI is InChI=1S/C21H24ClNO4/c1-11-17(20(25)27-5)18(12-6-7-16(26-4)13(22)8-12)19-14(23-11)9-21(2,3)10-15(19)24/h6-8,18,23H,9-10H2,1-5H3. The molecule has 1 aliphatic carbocycles. The first-order valence-electron chi connectivity index (χ1n) is 8.84. The fraction of sp³-hybridized carbons (Fsp3) is 0.429. The van der Waals surface area contributed by atoms with Crippen molar-refractivity contribution in [2.24, 2.45) is 5.41 Å². The van der Waals surface area contributed by atoms with Gasteiger partial charge in [0.1, 0.15) is 5.75 Å². The molecule has 3 rings (SSSR count). The largest absolute Gasteiger partial charge is 0.495 e. The van der Waals surface area contributed by atoms with Gasteiger partial charge in [-0.15, -0.1) is 0 Å². The number of rotatable bonds is 3. The maximum absolute atomic E-state index is 13.1. The van der Waals surface area contributed by atoms with Crippen LogP contribution in [-0.4, -0.2) is 26.0 Å². The van der Waals surface area contributed by atoms with E-state index in [-0.39, 0.29) is 11.2 Å².